The number of pyridine rings is 2. The molecule has 4 heterocycles. The zero-order valence-corrected chi connectivity index (χ0v) is 33.3. The first-order valence-corrected chi connectivity index (χ1v) is 18.8. The molecule has 0 amide bonds. The molecule has 0 saturated heterocycles. The number of para-hydroxylation sites is 1. The number of hydrogen-bond acceptors (Lipinski definition) is 4. The summed E-state index contributed by atoms with van der Waals surface area (Å²) in [5.74, 6) is 1.95. The van der Waals surface area contributed by atoms with Crippen LogP contribution in [0.1, 0.15) is 26.3 Å². The smallest absolute Gasteiger partial charge is 0.252 e. The monoisotopic (exact) mass is 900 g/mol. The quantitative estimate of drug-likeness (QED) is 0.109. The van der Waals surface area contributed by atoms with Gasteiger partial charge in [-0.15, -0.1) is 23.8 Å². The topological polar surface area (TPSA) is 55.2 Å². The first-order valence-electron chi connectivity index (χ1n) is 18.8. The van der Waals surface area contributed by atoms with Crippen molar-refractivity contribution in [2.45, 2.75) is 26.2 Å². The van der Waals surface area contributed by atoms with Crippen molar-refractivity contribution < 1.29 is 30.9 Å². The molecule has 6 heteroatoms. The van der Waals surface area contributed by atoms with Crippen molar-refractivity contribution in [1.82, 2.24) is 9.97 Å². The van der Waals surface area contributed by atoms with E-state index in [4.69, 9.17) is 14.7 Å². The second-order valence-corrected chi connectivity index (χ2v) is 15.8. The minimum absolute atomic E-state index is 0. The van der Waals surface area contributed by atoms with E-state index in [1.165, 1.54) is 5.56 Å². The van der Waals surface area contributed by atoms with Crippen molar-refractivity contribution in [1.29, 1.82) is 0 Å². The van der Waals surface area contributed by atoms with Gasteiger partial charge in [-0.05, 0) is 67.4 Å². The fourth-order valence-corrected chi connectivity index (χ4v) is 8.85. The van der Waals surface area contributed by atoms with Crippen molar-refractivity contribution in [3.05, 3.63) is 157 Å². The Morgan fingerprint density at radius 3 is 2.14 bits per heavy atom. The summed E-state index contributed by atoms with van der Waals surface area (Å²) in [6.45, 7) is 6.64. The number of rotatable bonds is 3. The molecule has 9 aromatic rings. The minimum atomic E-state index is -0.136. The molecule has 56 heavy (non-hydrogen) atoms. The van der Waals surface area contributed by atoms with E-state index >= 15 is 0 Å². The summed E-state index contributed by atoms with van der Waals surface area (Å²) in [5.41, 5.74) is 12.6. The van der Waals surface area contributed by atoms with Crippen molar-refractivity contribution in [3.63, 3.8) is 0 Å². The maximum atomic E-state index is 12.7. The van der Waals surface area contributed by atoms with Crippen LogP contribution in [0.5, 0.6) is 17.2 Å². The molecule has 2 aliphatic heterocycles. The van der Waals surface area contributed by atoms with Crippen LogP contribution >= 0.6 is 0 Å². The van der Waals surface area contributed by atoms with Crippen molar-refractivity contribution in [3.8, 4) is 62.0 Å². The van der Waals surface area contributed by atoms with E-state index < -0.39 is 0 Å². The van der Waals surface area contributed by atoms with Gasteiger partial charge < -0.3 is 9.84 Å². The van der Waals surface area contributed by atoms with Gasteiger partial charge >= 0.3 is 0 Å². The zero-order valence-electron chi connectivity index (χ0n) is 31.0. The molecule has 0 aliphatic carbocycles. The van der Waals surface area contributed by atoms with E-state index in [0.29, 0.717) is 0 Å². The van der Waals surface area contributed by atoms with Crippen LogP contribution in [-0.2, 0) is 26.5 Å². The van der Waals surface area contributed by atoms with Gasteiger partial charge in [0, 0.05) is 49.6 Å². The Hall–Kier alpha value is -6.03. The molecule has 0 radical (unpaired) electrons. The third kappa shape index (κ3) is 5.18. The fraction of sp³-hybridized carbons (Fsp3) is 0.0800. The zero-order chi connectivity index (χ0) is 37.0. The maximum Gasteiger partial charge on any atom is 0.252 e. The van der Waals surface area contributed by atoms with Gasteiger partial charge in [0.15, 0.2) is 0 Å². The number of aromatic hydroxyl groups is 1. The van der Waals surface area contributed by atoms with Crippen LogP contribution in [0.4, 0.5) is 0 Å². The van der Waals surface area contributed by atoms with E-state index in [9.17, 15) is 5.11 Å². The van der Waals surface area contributed by atoms with Crippen LogP contribution in [0.2, 0.25) is 0 Å². The normalized spacial score (nSPS) is 12.6. The number of nitrogens with zero attached hydrogens (tertiary/aromatic N) is 2. The minimum Gasteiger partial charge on any atom is -0.507 e. The summed E-state index contributed by atoms with van der Waals surface area (Å²) >= 11 is 0. The molecule has 2 aromatic heterocycles. The second-order valence-electron chi connectivity index (χ2n) is 15.8. The Labute approximate surface area is 340 Å². The Balaban J connectivity index is 0.00000384. The van der Waals surface area contributed by atoms with Crippen LogP contribution in [0.25, 0.3) is 77.2 Å². The van der Waals surface area contributed by atoms with E-state index in [2.05, 4.69) is 136 Å². The maximum absolute atomic E-state index is 12.7. The molecule has 7 aromatic carbocycles. The van der Waals surface area contributed by atoms with Crippen molar-refractivity contribution in [2.75, 3.05) is 0 Å². The molecule has 1 N–H and O–H groups in total. The fourth-order valence-electron chi connectivity index (χ4n) is 8.85. The van der Waals surface area contributed by atoms with Gasteiger partial charge in [0.25, 0.3) is 6.71 Å². The molecule has 0 bridgehead atoms. The summed E-state index contributed by atoms with van der Waals surface area (Å²) in [6, 6.07) is 52.2. The van der Waals surface area contributed by atoms with E-state index in [1.807, 2.05) is 36.5 Å². The first-order chi connectivity index (χ1) is 26.8. The molecule has 2 aliphatic rings. The molecule has 0 fully saturated rings. The molecule has 270 valence electrons. The Morgan fingerprint density at radius 2 is 1.34 bits per heavy atom. The van der Waals surface area contributed by atoms with Gasteiger partial charge in [0.05, 0.1) is 10.9 Å². The summed E-state index contributed by atoms with van der Waals surface area (Å²) in [7, 11) is 0. The summed E-state index contributed by atoms with van der Waals surface area (Å²) in [6.07, 6.45) is 1.87. The van der Waals surface area contributed by atoms with Crippen LogP contribution in [0, 0.1) is 6.07 Å². The average molecular weight is 901 g/mol. The van der Waals surface area contributed by atoms with Crippen LogP contribution in [-0.4, -0.2) is 21.8 Å². The van der Waals surface area contributed by atoms with Gasteiger partial charge in [-0.2, -0.15) is 0 Å². The van der Waals surface area contributed by atoms with Gasteiger partial charge in [-0.1, -0.05) is 147 Å². The van der Waals surface area contributed by atoms with E-state index in [0.717, 1.165) is 105 Å². The Bertz CT molecular complexity index is 3080. The molecule has 0 spiro atoms. The molecule has 0 saturated carbocycles. The number of phenolic OH excluding ortho intramolecular Hbond substituents is 1. The predicted molar refractivity (Wildman–Crippen MR) is 227 cm³/mol. The van der Waals surface area contributed by atoms with Crippen LogP contribution in [0.3, 0.4) is 0 Å². The standard InChI is InChI=1S/C50H34BN2O2.Pt/c1-50(2,3)33-25-31(24-32(26-33)42-27-30(22-23-52-42)29-12-5-4-6-13-29)41-21-20-36-34-14-7-8-15-35(34)38-28-40-45(49(54)46(38)48(36)53-41)37-16-11-19-44-47(37)51(40)39-17-9-10-18-43(39)55-44;/h4-23,25-28,54H,1-3H3;/q-1;. The second kappa shape index (κ2) is 12.8. The number of aromatic nitrogens is 2. The van der Waals surface area contributed by atoms with Crippen LogP contribution in [0.15, 0.2) is 146 Å². The van der Waals surface area contributed by atoms with Gasteiger partial charge in [-0.25, -0.2) is 0 Å². The molecular formula is C50H34BN2O2Pt-. The summed E-state index contributed by atoms with van der Waals surface area (Å²) < 4.78 is 6.44. The van der Waals surface area contributed by atoms with Crippen LogP contribution < -0.4 is 21.1 Å². The van der Waals surface area contributed by atoms with Gasteiger partial charge in [-0.3, -0.25) is 9.97 Å². The molecule has 4 nitrogen and oxygen atoms in total. The molecule has 0 unspecified atom stereocenters. The number of fused-ring (bicyclic) bond motifs is 11. The predicted octanol–water partition coefficient (Wildman–Crippen LogP) is 10.3. The first kappa shape index (κ1) is 34.5. The molecule has 0 atom stereocenters. The Kier molecular flexibility index (Phi) is 7.85. The molecule has 11 rings (SSSR count). The van der Waals surface area contributed by atoms with E-state index in [1.54, 1.807) is 0 Å². The SMILES string of the molecule is CC(C)(C)c1cc(-c2cc(-c3ccccc3)ccn2)[c-]c(-c2ccc3c4ccccc4c4cc5c(c(O)c4c3n2)-c2cccc3c2B5c2ccccc2O3)c1.[Pt]. The van der Waals surface area contributed by atoms with Crippen molar-refractivity contribution in [2.24, 2.45) is 0 Å². The van der Waals surface area contributed by atoms with E-state index in [-0.39, 0.29) is 38.9 Å². The summed E-state index contributed by atoms with van der Waals surface area (Å²) in [4.78, 5) is 10.3. The average Bonchev–Trinajstić information content (AvgIpc) is 3.56. The number of hydrogen-bond donors (Lipinski definition) is 1. The largest absolute Gasteiger partial charge is 0.507 e. The number of benzene rings is 7. The third-order valence-electron chi connectivity index (χ3n) is 11.5. The summed E-state index contributed by atoms with van der Waals surface area (Å²) in [5, 5.41) is 17.6. The molecular weight excluding hydrogens is 866 g/mol. The van der Waals surface area contributed by atoms with Gasteiger partial charge in [0.2, 0.25) is 0 Å². The Morgan fingerprint density at radius 1 is 0.625 bits per heavy atom. The van der Waals surface area contributed by atoms with Crippen molar-refractivity contribution >= 4 is 55.5 Å². The number of ether oxygens (including phenoxy) is 1. The van der Waals surface area contributed by atoms with Gasteiger partial charge in [0.1, 0.15) is 17.2 Å². The number of phenols is 1. The third-order valence-corrected chi connectivity index (χ3v) is 11.5.